The monoisotopic (exact) mass is 277 g/mol. The summed E-state index contributed by atoms with van der Waals surface area (Å²) in [7, 11) is 0. The lowest BCUT2D eigenvalue weighted by molar-refractivity contribution is -0.384. The molecule has 1 unspecified atom stereocenters. The number of carbonyl (C=O) groups excluding carboxylic acids is 1. The minimum absolute atomic E-state index is 0.0131. The van der Waals surface area contributed by atoms with Crippen molar-refractivity contribution < 1.29 is 14.8 Å². The lowest BCUT2D eigenvalue weighted by Crippen LogP contribution is -2.33. The molecule has 0 spiro atoms. The Hall–Kier alpha value is -2.41. The van der Waals surface area contributed by atoms with Crippen LogP contribution in [0.3, 0.4) is 0 Å². The van der Waals surface area contributed by atoms with Crippen LogP contribution in [0.1, 0.15) is 23.7 Å². The number of aliphatic hydroxyl groups is 1. The molecule has 0 aliphatic rings. The standard InChI is InChI=1S/C13H15N3O4/c1-8(4-5-17)15-13(18)11-7-14-12-3-2-9(16(19)20)6-10(11)12/h2-3,6-8,14,17H,4-5H2,1H3,(H,15,18). The molecule has 0 aliphatic heterocycles. The number of hydrogen-bond acceptors (Lipinski definition) is 4. The first-order chi connectivity index (χ1) is 9.52. The third-order valence-electron chi connectivity index (χ3n) is 3.06. The van der Waals surface area contributed by atoms with Crippen LogP contribution in [0.25, 0.3) is 10.9 Å². The Bertz CT molecular complexity index is 650. The number of nitro benzene ring substituents is 1. The average Bonchev–Trinajstić information content (AvgIpc) is 2.81. The third kappa shape index (κ3) is 2.77. The van der Waals surface area contributed by atoms with Crippen LogP contribution in [-0.2, 0) is 0 Å². The number of aromatic nitrogens is 1. The molecule has 1 amide bonds. The summed E-state index contributed by atoms with van der Waals surface area (Å²) < 4.78 is 0. The van der Waals surface area contributed by atoms with Crippen LogP contribution in [0.15, 0.2) is 24.4 Å². The molecule has 7 nitrogen and oxygen atoms in total. The Balaban J connectivity index is 2.32. The van der Waals surface area contributed by atoms with E-state index in [0.717, 1.165) is 0 Å². The van der Waals surface area contributed by atoms with Gasteiger partial charge in [-0.1, -0.05) is 0 Å². The van der Waals surface area contributed by atoms with Crippen molar-refractivity contribution >= 4 is 22.5 Å². The van der Waals surface area contributed by atoms with E-state index in [1.54, 1.807) is 13.0 Å². The van der Waals surface area contributed by atoms with E-state index in [0.29, 0.717) is 22.9 Å². The fourth-order valence-corrected chi connectivity index (χ4v) is 1.98. The molecule has 7 heteroatoms. The van der Waals surface area contributed by atoms with E-state index in [4.69, 9.17) is 5.11 Å². The Morgan fingerprint density at radius 1 is 1.55 bits per heavy atom. The number of aromatic amines is 1. The summed E-state index contributed by atoms with van der Waals surface area (Å²) in [6.07, 6.45) is 1.98. The molecule has 3 N–H and O–H groups in total. The fraction of sp³-hybridized carbons (Fsp3) is 0.308. The molecule has 0 bridgehead atoms. The van der Waals surface area contributed by atoms with Gasteiger partial charge in [-0.25, -0.2) is 0 Å². The number of nitrogens with zero attached hydrogens (tertiary/aromatic N) is 1. The van der Waals surface area contributed by atoms with E-state index in [2.05, 4.69) is 10.3 Å². The number of fused-ring (bicyclic) bond motifs is 1. The first-order valence-corrected chi connectivity index (χ1v) is 6.20. The van der Waals surface area contributed by atoms with Crippen molar-refractivity contribution in [2.24, 2.45) is 0 Å². The predicted octanol–water partition coefficient (Wildman–Crippen LogP) is 1.58. The smallest absolute Gasteiger partial charge is 0.270 e. The number of non-ortho nitro benzene ring substituents is 1. The Labute approximate surface area is 114 Å². The summed E-state index contributed by atoms with van der Waals surface area (Å²) in [5, 5.41) is 22.8. The van der Waals surface area contributed by atoms with Gasteiger partial charge in [0.2, 0.25) is 0 Å². The number of nitro groups is 1. The molecular weight excluding hydrogens is 262 g/mol. The summed E-state index contributed by atoms with van der Waals surface area (Å²) in [6, 6.07) is 4.16. The fourth-order valence-electron chi connectivity index (χ4n) is 1.98. The van der Waals surface area contributed by atoms with E-state index in [1.165, 1.54) is 18.3 Å². The lowest BCUT2D eigenvalue weighted by atomic mass is 10.1. The van der Waals surface area contributed by atoms with Gasteiger partial charge in [0.05, 0.1) is 10.5 Å². The summed E-state index contributed by atoms with van der Waals surface area (Å²) in [5.74, 6) is -0.322. The quantitative estimate of drug-likeness (QED) is 0.569. The number of nitrogens with one attached hydrogen (secondary N) is 2. The number of rotatable bonds is 5. The molecule has 0 fully saturated rings. The molecule has 0 radical (unpaired) electrons. The Kier molecular flexibility index (Phi) is 3.99. The SMILES string of the molecule is CC(CCO)NC(=O)c1c[nH]c2ccc([N+](=O)[O-])cc12. The predicted molar refractivity (Wildman–Crippen MR) is 73.6 cm³/mol. The second-order valence-corrected chi connectivity index (χ2v) is 4.58. The second kappa shape index (κ2) is 5.70. The van der Waals surface area contributed by atoms with Gasteiger partial charge in [0, 0.05) is 41.9 Å². The number of benzene rings is 1. The van der Waals surface area contributed by atoms with Gasteiger partial charge in [-0.05, 0) is 19.4 Å². The van der Waals surface area contributed by atoms with Gasteiger partial charge in [-0.3, -0.25) is 14.9 Å². The van der Waals surface area contributed by atoms with E-state index >= 15 is 0 Å². The van der Waals surface area contributed by atoms with Crippen molar-refractivity contribution in [3.8, 4) is 0 Å². The summed E-state index contributed by atoms with van der Waals surface area (Å²) in [4.78, 5) is 25.3. The zero-order chi connectivity index (χ0) is 14.7. The molecule has 2 aromatic rings. The molecule has 2 rings (SSSR count). The van der Waals surface area contributed by atoms with Gasteiger partial charge >= 0.3 is 0 Å². The van der Waals surface area contributed by atoms with Crippen LogP contribution >= 0.6 is 0 Å². The number of H-pyrrole nitrogens is 1. The van der Waals surface area contributed by atoms with E-state index in [-0.39, 0.29) is 24.2 Å². The van der Waals surface area contributed by atoms with Crippen molar-refractivity contribution in [2.45, 2.75) is 19.4 Å². The normalized spacial score (nSPS) is 12.3. The highest BCUT2D eigenvalue weighted by molar-refractivity contribution is 6.07. The van der Waals surface area contributed by atoms with Crippen LogP contribution < -0.4 is 5.32 Å². The van der Waals surface area contributed by atoms with Gasteiger partial charge < -0.3 is 15.4 Å². The highest BCUT2D eigenvalue weighted by atomic mass is 16.6. The number of hydrogen-bond donors (Lipinski definition) is 3. The zero-order valence-electron chi connectivity index (χ0n) is 10.9. The number of carbonyl (C=O) groups is 1. The Morgan fingerprint density at radius 2 is 2.30 bits per heavy atom. The van der Waals surface area contributed by atoms with Crippen molar-refractivity contribution in [3.63, 3.8) is 0 Å². The summed E-state index contributed by atoms with van der Waals surface area (Å²) in [6.45, 7) is 1.77. The molecule has 1 aromatic carbocycles. The van der Waals surface area contributed by atoms with E-state index in [9.17, 15) is 14.9 Å². The number of amides is 1. The molecular formula is C13H15N3O4. The van der Waals surface area contributed by atoms with Gasteiger partial charge in [-0.2, -0.15) is 0 Å². The maximum atomic E-state index is 12.1. The minimum Gasteiger partial charge on any atom is -0.396 e. The maximum absolute atomic E-state index is 12.1. The summed E-state index contributed by atoms with van der Waals surface area (Å²) >= 11 is 0. The highest BCUT2D eigenvalue weighted by Crippen LogP contribution is 2.23. The molecule has 1 heterocycles. The van der Waals surface area contributed by atoms with Crippen LogP contribution in [0.2, 0.25) is 0 Å². The van der Waals surface area contributed by atoms with Gasteiger partial charge in [0.25, 0.3) is 11.6 Å². The molecule has 20 heavy (non-hydrogen) atoms. The Morgan fingerprint density at radius 3 is 2.95 bits per heavy atom. The zero-order valence-corrected chi connectivity index (χ0v) is 10.9. The minimum atomic E-state index is -0.498. The first-order valence-electron chi connectivity index (χ1n) is 6.20. The van der Waals surface area contributed by atoms with Crippen LogP contribution in [-0.4, -0.2) is 33.6 Å². The van der Waals surface area contributed by atoms with Crippen molar-refractivity contribution in [2.75, 3.05) is 6.61 Å². The lowest BCUT2D eigenvalue weighted by Gasteiger charge is -2.11. The van der Waals surface area contributed by atoms with Crippen LogP contribution in [0.4, 0.5) is 5.69 Å². The van der Waals surface area contributed by atoms with Crippen molar-refractivity contribution in [1.82, 2.24) is 10.3 Å². The molecule has 0 saturated carbocycles. The molecule has 0 aliphatic carbocycles. The molecule has 106 valence electrons. The van der Waals surface area contributed by atoms with Crippen molar-refractivity contribution in [1.29, 1.82) is 0 Å². The first kappa shape index (κ1) is 14.0. The maximum Gasteiger partial charge on any atom is 0.270 e. The van der Waals surface area contributed by atoms with Gasteiger partial charge in [0.15, 0.2) is 0 Å². The largest absolute Gasteiger partial charge is 0.396 e. The van der Waals surface area contributed by atoms with Gasteiger partial charge in [0.1, 0.15) is 0 Å². The number of aliphatic hydroxyl groups excluding tert-OH is 1. The van der Waals surface area contributed by atoms with E-state index in [1.807, 2.05) is 0 Å². The summed E-state index contributed by atoms with van der Waals surface area (Å²) in [5.41, 5.74) is 0.957. The highest BCUT2D eigenvalue weighted by Gasteiger charge is 2.16. The van der Waals surface area contributed by atoms with Gasteiger partial charge in [-0.15, -0.1) is 0 Å². The van der Waals surface area contributed by atoms with Crippen molar-refractivity contribution in [3.05, 3.63) is 40.1 Å². The molecule has 1 atom stereocenters. The average molecular weight is 277 g/mol. The van der Waals surface area contributed by atoms with Crippen LogP contribution in [0.5, 0.6) is 0 Å². The van der Waals surface area contributed by atoms with Crippen LogP contribution in [0, 0.1) is 10.1 Å². The molecule has 0 saturated heterocycles. The topological polar surface area (TPSA) is 108 Å². The van der Waals surface area contributed by atoms with E-state index < -0.39 is 4.92 Å². The molecule has 1 aromatic heterocycles. The second-order valence-electron chi connectivity index (χ2n) is 4.58. The third-order valence-corrected chi connectivity index (χ3v) is 3.06.